The Kier molecular flexibility index (Phi) is 3.35. The zero-order valence-corrected chi connectivity index (χ0v) is 13.2. The summed E-state index contributed by atoms with van der Waals surface area (Å²) in [5.41, 5.74) is 3.85. The highest BCUT2D eigenvalue weighted by molar-refractivity contribution is 9.10. The third kappa shape index (κ3) is 2.36. The fraction of sp³-hybridized carbons (Fsp3) is 0.154. The van der Waals surface area contributed by atoms with Crippen LogP contribution in [0.25, 0.3) is 11.0 Å². The van der Waals surface area contributed by atoms with Gasteiger partial charge >= 0.3 is 0 Å². The molecule has 0 saturated carbocycles. The lowest BCUT2D eigenvalue weighted by Gasteiger charge is -2.10. The Bertz CT molecular complexity index is 776. The van der Waals surface area contributed by atoms with Gasteiger partial charge in [-0.05, 0) is 48.7 Å². The summed E-state index contributed by atoms with van der Waals surface area (Å²) in [6.45, 7) is 4.09. The number of nitrogens with zero attached hydrogens (tertiary/aromatic N) is 3. The first-order valence-corrected chi connectivity index (χ1v) is 7.12. The zero-order chi connectivity index (χ0) is 14.3. The van der Waals surface area contributed by atoms with Crippen molar-refractivity contribution in [1.82, 2.24) is 20.2 Å². The minimum atomic E-state index is 0.176. The topological polar surface area (TPSA) is 66.5 Å². The monoisotopic (exact) mass is 351 g/mol. The van der Waals surface area contributed by atoms with Gasteiger partial charge in [-0.2, -0.15) is 15.1 Å². The Morgan fingerprint density at radius 3 is 2.60 bits per heavy atom. The maximum Gasteiger partial charge on any atom is 0.226 e. The van der Waals surface area contributed by atoms with Crippen LogP contribution in [0, 0.1) is 13.8 Å². The third-order valence-electron chi connectivity index (χ3n) is 2.98. The van der Waals surface area contributed by atoms with Gasteiger partial charge in [0, 0.05) is 10.2 Å². The van der Waals surface area contributed by atoms with E-state index in [1.807, 2.05) is 26.0 Å². The second-order valence-corrected chi connectivity index (χ2v) is 5.65. The van der Waals surface area contributed by atoms with Gasteiger partial charge in [-0.3, -0.25) is 5.10 Å². The molecule has 20 heavy (non-hydrogen) atoms. The molecule has 2 heterocycles. The summed E-state index contributed by atoms with van der Waals surface area (Å²) in [5.74, 6) is 0.634. The second kappa shape index (κ2) is 5.03. The number of aromatic amines is 1. The summed E-state index contributed by atoms with van der Waals surface area (Å²) in [7, 11) is 0. The molecule has 0 aliphatic carbocycles. The Balaban J connectivity index is 2.07. The number of fused-ring (bicyclic) bond motifs is 1. The van der Waals surface area contributed by atoms with E-state index in [2.05, 4.69) is 41.4 Å². The van der Waals surface area contributed by atoms with Gasteiger partial charge in [-0.15, -0.1) is 0 Å². The van der Waals surface area contributed by atoms with Crippen LogP contribution < -0.4 is 5.32 Å². The molecular weight excluding hydrogens is 342 g/mol. The molecule has 0 amide bonds. The highest BCUT2D eigenvalue weighted by Gasteiger charge is 2.10. The van der Waals surface area contributed by atoms with Crippen LogP contribution in [0.2, 0.25) is 5.28 Å². The molecule has 0 saturated heterocycles. The smallest absolute Gasteiger partial charge is 0.226 e. The van der Waals surface area contributed by atoms with Crippen LogP contribution in [0.5, 0.6) is 0 Å². The van der Waals surface area contributed by atoms with E-state index in [0.717, 1.165) is 26.7 Å². The predicted octanol–water partition coefficient (Wildman–Crippen LogP) is 4.13. The standard InChI is InChI=1S/C13H11BrClN5/c1-6-3-8(4-7(2)10(6)14)17-11-9-5-16-20-12(9)19-13(15)18-11/h3-5H,1-2H3,(H2,16,17,18,19,20). The molecule has 0 atom stereocenters. The van der Waals surface area contributed by atoms with E-state index in [4.69, 9.17) is 11.6 Å². The number of nitrogens with one attached hydrogen (secondary N) is 2. The van der Waals surface area contributed by atoms with Gasteiger partial charge in [0.25, 0.3) is 0 Å². The first kappa shape index (κ1) is 13.3. The number of anilines is 2. The van der Waals surface area contributed by atoms with E-state index in [0.29, 0.717) is 11.5 Å². The SMILES string of the molecule is Cc1cc(Nc2nc(Cl)nc3[nH]ncc23)cc(C)c1Br. The molecule has 3 rings (SSSR count). The van der Waals surface area contributed by atoms with Gasteiger partial charge < -0.3 is 5.32 Å². The molecule has 0 radical (unpaired) electrons. The van der Waals surface area contributed by atoms with Gasteiger partial charge in [0.2, 0.25) is 5.28 Å². The summed E-state index contributed by atoms with van der Waals surface area (Å²) >= 11 is 9.47. The van der Waals surface area contributed by atoms with Crippen molar-refractivity contribution < 1.29 is 0 Å². The normalized spacial score (nSPS) is 11.0. The Morgan fingerprint density at radius 2 is 1.90 bits per heavy atom. The van der Waals surface area contributed by atoms with E-state index in [1.165, 1.54) is 0 Å². The first-order valence-electron chi connectivity index (χ1n) is 5.95. The van der Waals surface area contributed by atoms with E-state index >= 15 is 0 Å². The predicted molar refractivity (Wildman–Crippen MR) is 83.6 cm³/mol. The van der Waals surface area contributed by atoms with Crippen molar-refractivity contribution in [3.05, 3.63) is 39.2 Å². The van der Waals surface area contributed by atoms with Gasteiger partial charge in [0.1, 0.15) is 5.82 Å². The Labute approximate surface area is 128 Å². The lowest BCUT2D eigenvalue weighted by atomic mass is 10.1. The van der Waals surface area contributed by atoms with E-state index < -0.39 is 0 Å². The van der Waals surface area contributed by atoms with Gasteiger partial charge in [-0.25, -0.2) is 0 Å². The molecule has 7 heteroatoms. The molecule has 0 unspecified atom stereocenters. The molecule has 0 spiro atoms. The van der Waals surface area contributed by atoms with Crippen molar-refractivity contribution in [2.75, 3.05) is 5.32 Å². The van der Waals surface area contributed by atoms with Crippen LogP contribution in [0.1, 0.15) is 11.1 Å². The number of aromatic nitrogens is 4. The van der Waals surface area contributed by atoms with Gasteiger partial charge in [0.05, 0.1) is 11.6 Å². The van der Waals surface area contributed by atoms with Crippen LogP contribution in [-0.4, -0.2) is 20.2 Å². The molecular formula is C13H11BrClN5. The van der Waals surface area contributed by atoms with Crippen molar-refractivity contribution in [2.24, 2.45) is 0 Å². The maximum absolute atomic E-state index is 5.92. The summed E-state index contributed by atoms with van der Waals surface area (Å²) in [6.07, 6.45) is 1.67. The summed E-state index contributed by atoms with van der Waals surface area (Å²) in [5, 5.41) is 11.0. The first-order chi connectivity index (χ1) is 9.54. The molecule has 102 valence electrons. The molecule has 1 aromatic carbocycles. The van der Waals surface area contributed by atoms with E-state index in [-0.39, 0.29) is 5.28 Å². The third-order valence-corrected chi connectivity index (χ3v) is 4.40. The van der Waals surface area contributed by atoms with Crippen LogP contribution in [0.3, 0.4) is 0 Å². The Morgan fingerprint density at radius 1 is 1.20 bits per heavy atom. The van der Waals surface area contributed by atoms with Crippen LogP contribution >= 0.6 is 27.5 Å². The van der Waals surface area contributed by atoms with Crippen LogP contribution in [0.4, 0.5) is 11.5 Å². The molecule has 2 N–H and O–H groups in total. The van der Waals surface area contributed by atoms with Crippen LogP contribution in [-0.2, 0) is 0 Å². The quantitative estimate of drug-likeness (QED) is 0.681. The van der Waals surface area contributed by atoms with Crippen molar-refractivity contribution in [1.29, 1.82) is 0 Å². The number of H-pyrrole nitrogens is 1. The number of hydrogen-bond donors (Lipinski definition) is 2. The summed E-state index contributed by atoms with van der Waals surface area (Å²) < 4.78 is 1.11. The molecule has 0 aliphatic rings. The van der Waals surface area contributed by atoms with E-state index in [9.17, 15) is 0 Å². The van der Waals surface area contributed by atoms with Crippen LogP contribution in [0.15, 0.2) is 22.8 Å². The molecule has 5 nitrogen and oxygen atoms in total. The highest BCUT2D eigenvalue weighted by atomic mass is 79.9. The molecule has 0 bridgehead atoms. The molecule has 2 aromatic heterocycles. The zero-order valence-electron chi connectivity index (χ0n) is 10.8. The second-order valence-electron chi connectivity index (χ2n) is 4.52. The van der Waals surface area contributed by atoms with Crippen molar-refractivity contribution >= 4 is 50.1 Å². The van der Waals surface area contributed by atoms with Gasteiger partial charge in [0.15, 0.2) is 5.65 Å². The fourth-order valence-corrected chi connectivity index (χ4v) is 2.46. The van der Waals surface area contributed by atoms with E-state index in [1.54, 1.807) is 6.20 Å². The minimum absolute atomic E-state index is 0.176. The lowest BCUT2D eigenvalue weighted by Crippen LogP contribution is -1.97. The largest absolute Gasteiger partial charge is 0.339 e. The molecule has 0 fully saturated rings. The minimum Gasteiger partial charge on any atom is -0.339 e. The number of hydrogen-bond acceptors (Lipinski definition) is 4. The molecule has 0 aliphatic heterocycles. The summed E-state index contributed by atoms with van der Waals surface area (Å²) in [6, 6.07) is 4.08. The van der Waals surface area contributed by atoms with Gasteiger partial charge in [-0.1, -0.05) is 15.9 Å². The van der Waals surface area contributed by atoms with Crippen molar-refractivity contribution in [2.45, 2.75) is 13.8 Å². The number of halogens is 2. The highest BCUT2D eigenvalue weighted by Crippen LogP contribution is 2.28. The Hall–Kier alpha value is -1.66. The number of aryl methyl sites for hydroxylation is 2. The fourth-order valence-electron chi connectivity index (χ4n) is 2.06. The number of rotatable bonds is 2. The van der Waals surface area contributed by atoms with Crippen molar-refractivity contribution in [3.8, 4) is 0 Å². The average Bonchev–Trinajstić information content (AvgIpc) is 2.84. The summed E-state index contributed by atoms with van der Waals surface area (Å²) in [4.78, 5) is 8.30. The number of benzene rings is 1. The maximum atomic E-state index is 5.92. The lowest BCUT2D eigenvalue weighted by molar-refractivity contribution is 1.09. The average molecular weight is 353 g/mol. The molecule has 3 aromatic rings. The van der Waals surface area contributed by atoms with Crippen molar-refractivity contribution in [3.63, 3.8) is 0 Å².